The van der Waals surface area contributed by atoms with Crippen molar-refractivity contribution in [3.63, 3.8) is 0 Å². The predicted molar refractivity (Wildman–Crippen MR) is 106 cm³/mol. The number of halogens is 1. The predicted octanol–water partition coefficient (Wildman–Crippen LogP) is 3.59. The summed E-state index contributed by atoms with van der Waals surface area (Å²) in [5.41, 5.74) is 2.08. The lowest BCUT2D eigenvalue weighted by molar-refractivity contribution is -0.136. The van der Waals surface area contributed by atoms with Gasteiger partial charge in [0, 0.05) is 42.0 Å². The van der Waals surface area contributed by atoms with Gasteiger partial charge >= 0.3 is 5.63 Å². The first-order chi connectivity index (χ1) is 13.0. The van der Waals surface area contributed by atoms with Gasteiger partial charge in [0.2, 0.25) is 5.91 Å². The van der Waals surface area contributed by atoms with E-state index < -0.39 is 0 Å². The Bertz CT molecular complexity index is 910. The molecule has 1 aromatic heterocycles. The van der Waals surface area contributed by atoms with E-state index in [1.54, 1.807) is 6.07 Å². The number of amides is 1. The number of hydrogen-bond donors (Lipinski definition) is 0. The summed E-state index contributed by atoms with van der Waals surface area (Å²) in [6.45, 7) is 6.15. The van der Waals surface area contributed by atoms with Gasteiger partial charge in [0.15, 0.2) is 0 Å². The molecule has 0 radical (unpaired) electrons. The molecular formula is C21H25ClN2O3. The second kappa shape index (κ2) is 7.64. The highest BCUT2D eigenvalue weighted by Gasteiger charge is 2.30. The highest BCUT2D eigenvalue weighted by Crippen LogP contribution is 2.28. The first-order valence-electron chi connectivity index (χ1n) is 9.75. The molecule has 2 aromatic rings. The third-order valence-corrected chi connectivity index (χ3v) is 6.27. The van der Waals surface area contributed by atoms with Crippen molar-refractivity contribution in [3.05, 3.63) is 44.8 Å². The maximum absolute atomic E-state index is 12.6. The summed E-state index contributed by atoms with van der Waals surface area (Å²) in [6.07, 6.45) is 4.04. The molecule has 1 amide bonds. The summed E-state index contributed by atoms with van der Waals surface area (Å²) < 4.78 is 5.35. The number of aryl methyl sites for hydroxylation is 1. The summed E-state index contributed by atoms with van der Waals surface area (Å²) in [7, 11) is 0. The zero-order valence-electron chi connectivity index (χ0n) is 15.7. The molecule has 144 valence electrons. The van der Waals surface area contributed by atoms with Crippen LogP contribution in [-0.2, 0) is 11.3 Å². The maximum Gasteiger partial charge on any atom is 0.336 e. The lowest BCUT2D eigenvalue weighted by atomic mass is 9.95. The van der Waals surface area contributed by atoms with E-state index in [0.29, 0.717) is 23.1 Å². The van der Waals surface area contributed by atoms with Crippen molar-refractivity contribution in [2.45, 2.75) is 39.2 Å². The standard InChI is InChI=1S/C21H25ClN2O3/c1-14-10-19-17(12-18(14)22)16(11-20(25)27-19)13-23-8-4-15(5-9-23)21(26)24-6-2-3-7-24/h10-12,15H,2-9,13H2,1H3. The Morgan fingerprint density at radius 1 is 1.15 bits per heavy atom. The Balaban J connectivity index is 1.47. The summed E-state index contributed by atoms with van der Waals surface area (Å²) in [5, 5.41) is 1.56. The average Bonchev–Trinajstić information content (AvgIpc) is 3.18. The largest absolute Gasteiger partial charge is 0.423 e. The number of hydrogen-bond acceptors (Lipinski definition) is 4. The van der Waals surface area contributed by atoms with Crippen molar-refractivity contribution in [1.29, 1.82) is 0 Å². The Morgan fingerprint density at radius 3 is 2.56 bits per heavy atom. The number of benzene rings is 1. The third-order valence-electron chi connectivity index (χ3n) is 5.86. The number of fused-ring (bicyclic) bond motifs is 1. The summed E-state index contributed by atoms with van der Waals surface area (Å²) >= 11 is 6.28. The Hall–Kier alpha value is -1.85. The van der Waals surface area contributed by atoms with Crippen molar-refractivity contribution in [3.8, 4) is 0 Å². The van der Waals surface area contributed by atoms with Gasteiger partial charge in [-0.1, -0.05) is 11.6 Å². The monoisotopic (exact) mass is 388 g/mol. The number of piperidine rings is 1. The summed E-state index contributed by atoms with van der Waals surface area (Å²) in [5.74, 6) is 0.481. The van der Waals surface area contributed by atoms with E-state index in [1.165, 1.54) is 0 Å². The van der Waals surface area contributed by atoms with Gasteiger partial charge in [-0.2, -0.15) is 0 Å². The van der Waals surface area contributed by atoms with Gasteiger partial charge in [0.05, 0.1) is 0 Å². The zero-order chi connectivity index (χ0) is 19.0. The molecule has 3 heterocycles. The van der Waals surface area contributed by atoms with E-state index in [2.05, 4.69) is 4.90 Å². The van der Waals surface area contributed by atoms with Crippen LogP contribution in [0.4, 0.5) is 0 Å². The first-order valence-corrected chi connectivity index (χ1v) is 10.1. The molecule has 0 spiro atoms. The van der Waals surface area contributed by atoms with E-state index in [4.69, 9.17) is 16.0 Å². The van der Waals surface area contributed by atoms with E-state index in [0.717, 1.165) is 68.4 Å². The molecule has 0 N–H and O–H groups in total. The van der Waals surface area contributed by atoms with Gasteiger partial charge in [-0.05, 0) is 69.0 Å². The van der Waals surface area contributed by atoms with Gasteiger partial charge in [0.25, 0.3) is 0 Å². The molecule has 2 fully saturated rings. The second-order valence-electron chi connectivity index (χ2n) is 7.77. The van der Waals surface area contributed by atoms with Gasteiger partial charge in [-0.3, -0.25) is 9.69 Å². The molecule has 5 nitrogen and oxygen atoms in total. The van der Waals surface area contributed by atoms with Crippen molar-refractivity contribution in [2.75, 3.05) is 26.2 Å². The number of carbonyl (C=O) groups excluding carboxylic acids is 1. The van der Waals surface area contributed by atoms with Gasteiger partial charge < -0.3 is 9.32 Å². The Morgan fingerprint density at radius 2 is 1.85 bits per heavy atom. The molecule has 4 rings (SSSR count). The molecule has 0 unspecified atom stereocenters. The number of carbonyl (C=O) groups is 1. The summed E-state index contributed by atoms with van der Waals surface area (Å²) in [4.78, 5) is 28.9. The molecule has 2 aliphatic heterocycles. The van der Waals surface area contributed by atoms with Crippen molar-refractivity contribution < 1.29 is 9.21 Å². The molecular weight excluding hydrogens is 364 g/mol. The van der Waals surface area contributed by atoms with Crippen LogP contribution in [0.3, 0.4) is 0 Å². The fraction of sp³-hybridized carbons (Fsp3) is 0.524. The highest BCUT2D eigenvalue weighted by molar-refractivity contribution is 6.32. The number of nitrogens with zero attached hydrogens (tertiary/aromatic N) is 2. The van der Waals surface area contributed by atoms with Crippen LogP contribution in [0.15, 0.2) is 27.4 Å². The summed E-state index contributed by atoms with van der Waals surface area (Å²) in [6, 6.07) is 5.27. The minimum atomic E-state index is -0.335. The maximum atomic E-state index is 12.6. The molecule has 0 aliphatic carbocycles. The molecule has 2 aliphatic rings. The Kier molecular flexibility index (Phi) is 5.24. The average molecular weight is 389 g/mol. The van der Waals surface area contributed by atoms with Crippen LogP contribution >= 0.6 is 11.6 Å². The Labute approximate surface area is 163 Å². The molecule has 0 bridgehead atoms. The number of rotatable bonds is 3. The van der Waals surface area contributed by atoms with Gasteiger partial charge in [0.1, 0.15) is 5.58 Å². The van der Waals surface area contributed by atoms with Gasteiger partial charge in [-0.15, -0.1) is 0 Å². The highest BCUT2D eigenvalue weighted by atomic mass is 35.5. The van der Waals surface area contributed by atoms with E-state index in [9.17, 15) is 9.59 Å². The minimum absolute atomic E-state index is 0.147. The molecule has 2 saturated heterocycles. The zero-order valence-corrected chi connectivity index (χ0v) is 16.4. The lowest BCUT2D eigenvalue weighted by Gasteiger charge is -2.33. The van der Waals surface area contributed by atoms with E-state index in [-0.39, 0.29) is 11.5 Å². The smallest absolute Gasteiger partial charge is 0.336 e. The molecule has 0 atom stereocenters. The topological polar surface area (TPSA) is 53.8 Å². The van der Waals surface area contributed by atoms with Crippen LogP contribution in [0, 0.1) is 12.8 Å². The fourth-order valence-electron chi connectivity index (χ4n) is 4.25. The first kappa shape index (κ1) is 18.5. The van der Waals surface area contributed by atoms with E-state index in [1.807, 2.05) is 24.0 Å². The fourth-order valence-corrected chi connectivity index (χ4v) is 4.42. The van der Waals surface area contributed by atoms with Crippen molar-refractivity contribution in [2.24, 2.45) is 5.92 Å². The van der Waals surface area contributed by atoms with Gasteiger partial charge in [-0.25, -0.2) is 4.79 Å². The lowest BCUT2D eigenvalue weighted by Crippen LogP contribution is -2.41. The van der Waals surface area contributed by atoms with Crippen LogP contribution < -0.4 is 5.63 Å². The van der Waals surface area contributed by atoms with Crippen LogP contribution in [0.2, 0.25) is 5.02 Å². The second-order valence-corrected chi connectivity index (χ2v) is 8.18. The molecule has 0 saturated carbocycles. The SMILES string of the molecule is Cc1cc2oc(=O)cc(CN3CCC(C(=O)N4CCCC4)CC3)c2cc1Cl. The molecule has 6 heteroatoms. The van der Waals surface area contributed by atoms with Crippen LogP contribution in [-0.4, -0.2) is 41.9 Å². The quantitative estimate of drug-likeness (QED) is 0.754. The number of likely N-dealkylation sites (tertiary alicyclic amines) is 2. The molecule has 27 heavy (non-hydrogen) atoms. The van der Waals surface area contributed by atoms with Crippen molar-refractivity contribution >= 4 is 28.5 Å². The van der Waals surface area contributed by atoms with Crippen LogP contribution in [0.1, 0.15) is 36.8 Å². The van der Waals surface area contributed by atoms with E-state index >= 15 is 0 Å². The third kappa shape index (κ3) is 3.90. The van der Waals surface area contributed by atoms with Crippen LogP contribution in [0.5, 0.6) is 0 Å². The van der Waals surface area contributed by atoms with Crippen molar-refractivity contribution in [1.82, 2.24) is 9.80 Å². The van der Waals surface area contributed by atoms with Crippen LogP contribution in [0.25, 0.3) is 11.0 Å². The molecule has 1 aromatic carbocycles. The normalized spacial score (nSPS) is 19.1. The minimum Gasteiger partial charge on any atom is -0.423 e.